The predicted molar refractivity (Wildman–Crippen MR) is 60.3 cm³/mol. The molecular formula is C11H13NO6. The summed E-state index contributed by atoms with van der Waals surface area (Å²) < 4.78 is 4.99. The Morgan fingerprint density at radius 1 is 1.33 bits per heavy atom. The fourth-order valence-corrected chi connectivity index (χ4v) is 1.14. The van der Waals surface area contributed by atoms with Gasteiger partial charge in [0, 0.05) is 0 Å². The number of benzene rings is 1. The number of aromatic hydroxyl groups is 1. The summed E-state index contributed by atoms with van der Waals surface area (Å²) in [4.78, 5) is 21.8. The topological polar surface area (TPSA) is 116 Å². The third-order valence-corrected chi connectivity index (χ3v) is 2.04. The normalized spacial score (nSPS) is 11.6. The number of phenols is 1. The zero-order valence-electron chi connectivity index (χ0n) is 9.37. The molecule has 0 radical (unpaired) electrons. The average Bonchev–Trinajstić information content (AvgIpc) is 2.34. The van der Waals surface area contributed by atoms with E-state index in [0.717, 1.165) is 0 Å². The van der Waals surface area contributed by atoms with E-state index in [1.165, 1.54) is 12.1 Å². The molecule has 0 fully saturated rings. The second-order valence-corrected chi connectivity index (χ2v) is 3.40. The van der Waals surface area contributed by atoms with Gasteiger partial charge in [0.15, 0.2) is 18.1 Å². The van der Waals surface area contributed by atoms with Crippen LogP contribution in [0.5, 0.6) is 11.5 Å². The fourth-order valence-electron chi connectivity index (χ4n) is 1.14. The third kappa shape index (κ3) is 3.95. The number of carbonyl (C=O) groups is 2. The lowest BCUT2D eigenvalue weighted by Gasteiger charge is -2.12. The number of amides is 1. The summed E-state index contributed by atoms with van der Waals surface area (Å²) in [6.45, 7) is -1.17. The Labute approximate surface area is 103 Å². The minimum Gasteiger partial charge on any atom is -0.504 e. The molecule has 98 valence electrons. The number of ether oxygens (including phenoxy) is 1. The van der Waals surface area contributed by atoms with Gasteiger partial charge in [0.05, 0.1) is 6.61 Å². The van der Waals surface area contributed by atoms with E-state index in [-0.39, 0.29) is 11.5 Å². The van der Waals surface area contributed by atoms with Gasteiger partial charge >= 0.3 is 5.97 Å². The number of aliphatic carboxylic acids is 1. The zero-order chi connectivity index (χ0) is 13.5. The monoisotopic (exact) mass is 255 g/mol. The van der Waals surface area contributed by atoms with E-state index in [4.69, 9.17) is 14.9 Å². The van der Waals surface area contributed by atoms with Gasteiger partial charge in [-0.2, -0.15) is 0 Å². The SMILES string of the molecule is O=C(COc1ccccc1O)N[C@H](CO)C(=O)O. The highest BCUT2D eigenvalue weighted by Gasteiger charge is 2.18. The number of aliphatic hydroxyl groups excluding tert-OH is 1. The van der Waals surface area contributed by atoms with Crippen LogP contribution in [0.2, 0.25) is 0 Å². The van der Waals surface area contributed by atoms with Crippen molar-refractivity contribution in [3.63, 3.8) is 0 Å². The van der Waals surface area contributed by atoms with Crippen LogP contribution in [0.1, 0.15) is 0 Å². The summed E-state index contributed by atoms with van der Waals surface area (Å²) in [6.07, 6.45) is 0. The first-order valence-electron chi connectivity index (χ1n) is 5.08. The molecule has 0 spiro atoms. The van der Waals surface area contributed by atoms with Crippen molar-refractivity contribution >= 4 is 11.9 Å². The van der Waals surface area contributed by atoms with Crippen molar-refractivity contribution in [1.82, 2.24) is 5.32 Å². The number of rotatable bonds is 6. The van der Waals surface area contributed by atoms with Crippen LogP contribution in [0.15, 0.2) is 24.3 Å². The molecule has 1 atom stereocenters. The van der Waals surface area contributed by atoms with Gasteiger partial charge in [0.1, 0.15) is 6.04 Å². The van der Waals surface area contributed by atoms with Crippen molar-refractivity contribution in [2.75, 3.05) is 13.2 Å². The van der Waals surface area contributed by atoms with Gasteiger partial charge in [-0.05, 0) is 12.1 Å². The van der Waals surface area contributed by atoms with Gasteiger partial charge in [-0.1, -0.05) is 12.1 Å². The Kier molecular flexibility index (Phi) is 4.94. The van der Waals surface area contributed by atoms with E-state index in [1.807, 2.05) is 0 Å². The summed E-state index contributed by atoms with van der Waals surface area (Å²) in [7, 11) is 0. The van der Waals surface area contributed by atoms with Crippen LogP contribution in [0, 0.1) is 0 Å². The Morgan fingerprint density at radius 3 is 2.56 bits per heavy atom. The van der Waals surface area contributed by atoms with Crippen molar-refractivity contribution in [2.45, 2.75) is 6.04 Å². The molecule has 0 unspecified atom stereocenters. The average molecular weight is 255 g/mol. The lowest BCUT2D eigenvalue weighted by molar-refractivity contribution is -0.143. The highest BCUT2D eigenvalue weighted by atomic mass is 16.5. The maximum Gasteiger partial charge on any atom is 0.328 e. The molecule has 0 saturated heterocycles. The third-order valence-electron chi connectivity index (χ3n) is 2.04. The van der Waals surface area contributed by atoms with Crippen molar-refractivity contribution in [3.05, 3.63) is 24.3 Å². The molecule has 0 bridgehead atoms. The van der Waals surface area contributed by atoms with E-state index >= 15 is 0 Å². The maximum absolute atomic E-state index is 11.3. The maximum atomic E-state index is 11.3. The molecule has 0 heterocycles. The number of hydrogen-bond donors (Lipinski definition) is 4. The molecule has 0 aliphatic heterocycles. The van der Waals surface area contributed by atoms with Crippen LogP contribution in [-0.2, 0) is 9.59 Å². The molecule has 18 heavy (non-hydrogen) atoms. The molecule has 7 nitrogen and oxygen atoms in total. The molecule has 7 heteroatoms. The minimum atomic E-state index is -1.37. The van der Waals surface area contributed by atoms with Crippen molar-refractivity contribution in [2.24, 2.45) is 0 Å². The first-order chi connectivity index (χ1) is 8.54. The first kappa shape index (κ1) is 13.8. The van der Waals surface area contributed by atoms with Gasteiger partial charge in [-0.3, -0.25) is 4.79 Å². The number of carboxylic acid groups (broad SMARTS) is 1. The van der Waals surface area contributed by atoms with E-state index in [9.17, 15) is 14.7 Å². The van der Waals surface area contributed by atoms with Gasteiger partial charge in [-0.15, -0.1) is 0 Å². The van der Waals surface area contributed by atoms with Gasteiger partial charge < -0.3 is 25.4 Å². The van der Waals surface area contributed by atoms with Crippen molar-refractivity contribution in [3.8, 4) is 11.5 Å². The van der Waals surface area contributed by atoms with Gasteiger partial charge in [0.2, 0.25) is 0 Å². The molecule has 1 aromatic rings. The number of hydrogen-bond acceptors (Lipinski definition) is 5. The minimum absolute atomic E-state index is 0.114. The molecule has 0 aromatic heterocycles. The number of phenolic OH excluding ortho intramolecular Hbond substituents is 1. The fraction of sp³-hybridized carbons (Fsp3) is 0.273. The second kappa shape index (κ2) is 6.45. The number of para-hydroxylation sites is 2. The predicted octanol–water partition coefficient (Wildman–Crippen LogP) is -0.667. The molecule has 4 N–H and O–H groups in total. The largest absolute Gasteiger partial charge is 0.504 e. The second-order valence-electron chi connectivity index (χ2n) is 3.40. The Balaban J connectivity index is 2.47. The van der Waals surface area contributed by atoms with Crippen LogP contribution in [0.4, 0.5) is 0 Å². The highest BCUT2D eigenvalue weighted by molar-refractivity contribution is 5.84. The van der Waals surface area contributed by atoms with E-state index in [2.05, 4.69) is 5.32 Å². The van der Waals surface area contributed by atoms with Crippen LogP contribution >= 0.6 is 0 Å². The summed E-state index contributed by atoms with van der Waals surface area (Å²) in [5.41, 5.74) is 0. The van der Waals surface area contributed by atoms with E-state index < -0.39 is 31.1 Å². The number of nitrogens with one attached hydrogen (secondary N) is 1. The van der Waals surface area contributed by atoms with Crippen LogP contribution in [-0.4, -0.2) is 46.5 Å². The lowest BCUT2D eigenvalue weighted by Crippen LogP contribution is -2.45. The Bertz CT molecular complexity index is 433. The molecule has 0 aliphatic rings. The molecule has 0 aliphatic carbocycles. The van der Waals surface area contributed by atoms with Crippen LogP contribution < -0.4 is 10.1 Å². The smallest absolute Gasteiger partial charge is 0.328 e. The molecular weight excluding hydrogens is 242 g/mol. The van der Waals surface area contributed by atoms with Crippen LogP contribution in [0.3, 0.4) is 0 Å². The quantitative estimate of drug-likeness (QED) is 0.536. The molecule has 1 amide bonds. The number of carboxylic acids is 1. The van der Waals surface area contributed by atoms with Crippen molar-refractivity contribution < 1.29 is 29.6 Å². The first-order valence-corrected chi connectivity index (χ1v) is 5.08. The summed E-state index contributed by atoms with van der Waals surface area (Å²) >= 11 is 0. The zero-order valence-corrected chi connectivity index (χ0v) is 9.37. The summed E-state index contributed by atoms with van der Waals surface area (Å²) in [5.74, 6) is -2.06. The number of aliphatic hydroxyl groups is 1. The lowest BCUT2D eigenvalue weighted by atomic mass is 10.3. The van der Waals surface area contributed by atoms with Crippen LogP contribution in [0.25, 0.3) is 0 Å². The van der Waals surface area contributed by atoms with Gasteiger partial charge in [-0.25, -0.2) is 4.79 Å². The van der Waals surface area contributed by atoms with E-state index in [0.29, 0.717) is 0 Å². The summed E-state index contributed by atoms with van der Waals surface area (Å²) in [5, 5.41) is 28.7. The molecule has 1 aromatic carbocycles. The number of carbonyl (C=O) groups excluding carboxylic acids is 1. The molecule has 1 rings (SSSR count). The summed E-state index contributed by atoms with van der Waals surface area (Å²) in [6, 6.07) is 4.69. The van der Waals surface area contributed by atoms with Crippen molar-refractivity contribution in [1.29, 1.82) is 0 Å². The van der Waals surface area contributed by atoms with E-state index in [1.54, 1.807) is 12.1 Å². The standard InChI is InChI=1S/C11H13NO6/c13-5-7(11(16)17)12-10(15)6-18-9-4-2-1-3-8(9)14/h1-4,7,13-14H,5-6H2,(H,12,15)(H,16,17)/t7-/m1/s1. The highest BCUT2D eigenvalue weighted by Crippen LogP contribution is 2.23. The Hall–Kier alpha value is -2.28. The molecule has 0 saturated carbocycles. The van der Waals surface area contributed by atoms with Gasteiger partial charge in [0.25, 0.3) is 5.91 Å². The Morgan fingerprint density at radius 2 is 2.00 bits per heavy atom.